The Morgan fingerprint density at radius 3 is 2.49 bits per heavy atom. The highest BCUT2D eigenvalue weighted by Gasteiger charge is 2.26. The number of imidazole rings is 1. The van der Waals surface area contributed by atoms with Gasteiger partial charge in [-0.15, -0.1) is 0 Å². The van der Waals surface area contributed by atoms with Crippen LogP contribution in [0, 0.1) is 0 Å². The summed E-state index contributed by atoms with van der Waals surface area (Å²) in [4.78, 5) is 30.3. The first-order valence-electron chi connectivity index (χ1n) is 12.9. The van der Waals surface area contributed by atoms with Gasteiger partial charge in [0.2, 0.25) is 21.9 Å². The summed E-state index contributed by atoms with van der Waals surface area (Å²) in [5.41, 5.74) is 1.37. The Bertz CT molecular complexity index is 1770. The van der Waals surface area contributed by atoms with Gasteiger partial charge in [-0.2, -0.15) is 19.6 Å². The van der Waals surface area contributed by atoms with Crippen LogP contribution in [0.5, 0.6) is 5.88 Å². The van der Waals surface area contributed by atoms with Crippen LogP contribution in [-0.4, -0.2) is 61.2 Å². The SMILES string of the molecule is O=c1[nH]c(O)c(/C=c2/cnn3c(=NC4CC4)nc(NC4CCC(NS(=O)(=O)Cc5ccccc5)CC4)nc23)[nH]1. The highest BCUT2D eigenvalue weighted by Crippen LogP contribution is 2.23. The Morgan fingerprint density at radius 2 is 1.79 bits per heavy atom. The Balaban J connectivity index is 1.19. The minimum atomic E-state index is -3.43. The molecule has 204 valence electrons. The first-order valence-corrected chi connectivity index (χ1v) is 14.6. The number of hydrogen-bond acceptors (Lipinski definition) is 9. The maximum Gasteiger partial charge on any atom is 0.326 e. The summed E-state index contributed by atoms with van der Waals surface area (Å²) < 4.78 is 29.7. The molecule has 14 heteroatoms. The molecule has 0 atom stereocenters. The number of H-pyrrole nitrogens is 2. The largest absolute Gasteiger partial charge is 0.493 e. The van der Waals surface area contributed by atoms with E-state index in [0.717, 1.165) is 31.2 Å². The van der Waals surface area contributed by atoms with E-state index < -0.39 is 15.7 Å². The number of hydrogen-bond donors (Lipinski definition) is 5. The first kappa shape index (κ1) is 25.2. The van der Waals surface area contributed by atoms with E-state index in [0.29, 0.717) is 35.3 Å². The highest BCUT2D eigenvalue weighted by molar-refractivity contribution is 7.88. The number of rotatable bonds is 8. The number of aromatic amines is 2. The average molecular weight is 552 g/mol. The minimum absolute atomic E-state index is 0.0355. The molecule has 13 nitrogen and oxygen atoms in total. The van der Waals surface area contributed by atoms with Crippen molar-refractivity contribution < 1.29 is 13.5 Å². The Labute approximate surface area is 223 Å². The maximum atomic E-state index is 12.7. The van der Waals surface area contributed by atoms with Crippen molar-refractivity contribution in [3.63, 3.8) is 0 Å². The summed E-state index contributed by atoms with van der Waals surface area (Å²) in [6.45, 7) is 0. The lowest BCUT2D eigenvalue weighted by Gasteiger charge is -2.29. The molecule has 5 N–H and O–H groups in total. The topological polar surface area (TPSA) is 183 Å². The molecule has 39 heavy (non-hydrogen) atoms. The van der Waals surface area contributed by atoms with Crippen molar-refractivity contribution in [2.45, 2.75) is 62.4 Å². The van der Waals surface area contributed by atoms with Gasteiger partial charge in [0.1, 0.15) is 5.69 Å². The van der Waals surface area contributed by atoms with Crippen LogP contribution in [0.3, 0.4) is 0 Å². The molecule has 3 aromatic heterocycles. The molecular formula is C25H29N9O4S. The van der Waals surface area contributed by atoms with Crippen LogP contribution in [0.1, 0.15) is 49.8 Å². The molecule has 2 aliphatic rings. The maximum absolute atomic E-state index is 12.7. The molecule has 2 saturated carbocycles. The molecule has 2 aliphatic carbocycles. The standard InChI is InChI=1S/C25H29N9O4S/c35-22-20(29-25(36)31-22)12-16-13-26-34-21(16)30-23(32-24(34)28-18-6-7-18)27-17-8-10-19(11-9-17)33-39(37,38)14-15-4-2-1-3-5-15/h1-5,12-13,17-19,33,35H,6-11,14H2,(H,27,28,32)(H2,29,31,36)/b16-12-. The average Bonchev–Trinajstić information content (AvgIpc) is 3.53. The van der Waals surface area contributed by atoms with Gasteiger partial charge in [0.05, 0.1) is 18.0 Å². The van der Waals surface area contributed by atoms with Gasteiger partial charge in [-0.1, -0.05) is 30.3 Å². The van der Waals surface area contributed by atoms with Gasteiger partial charge < -0.3 is 15.4 Å². The number of aromatic hydroxyl groups is 1. The molecule has 6 rings (SSSR count). The van der Waals surface area contributed by atoms with Crippen LogP contribution >= 0.6 is 0 Å². The quantitative estimate of drug-likeness (QED) is 0.207. The van der Waals surface area contributed by atoms with Gasteiger partial charge >= 0.3 is 5.69 Å². The van der Waals surface area contributed by atoms with Crippen molar-refractivity contribution in [1.29, 1.82) is 0 Å². The van der Waals surface area contributed by atoms with Gasteiger partial charge in [0.25, 0.3) is 5.62 Å². The fourth-order valence-electron chi connectivity index (χ4n) is 4.77. The van der Waals surface area contributed by atoms with Crippen LogP contribution < -0.4 is 26.6 Å². The zero-order valence-electron chi connectivity index (χ0n) is 21.0. The number of nitrogens with one attached hydrogen (secondary N) is 4. The van der Waals surface area contributed by atoms with Crippen LogP contribution in [0.2, 0.25) is 0 Å². The number of aromatic nitrogens is 6. The lowest BCUT2D eigenvalue weighted by molar-refractivity contribution is 0.386. The molecule has 1 aromatic carbocycles. The molecule has 4 aromatic rings. The van der Waals surface area contributed by atoms with Crippen molar-refractivity contribution in [2.75, 3.05) is 5.32 Å². The second kappa shape index (κ2) is 10.3. The molecule has 0 bridgehead atoms. The van der Waals surface area contributed by atoms with Crippen LogP contribution in [0.25, 0.3) is 11.7 Å². The van der Waals surface area contributed by atoms with Gasteiger partial charge in [0, 0.05) is 17.3 Å². The number of fused-ring (bicyclic) bond motifs is 1. The summed E-state index contributed by atoms with van der Waals surface area (Å²) >= 11 is 0. The Kier molecular flexibility index (Phi) is 6.64. The lowest BCUT2D eigenvalue weighted by atomic mass is 9.92. The predicted octanol–water partition coefficient (Wildman–Crippen LogP) is 0.300. The van der Waals surface area contributed by atoms with Gasteiger partial charge in [0.15, 0.2) is 5.65 Å². The van der Waals surface area contributed by atoms with Crippen molar-refractivity contribution in [3.05, 3.63) is 69.1 Å². The molecule has 2 fully saturated rings. The lowest BCUT2D eigenvalue weighted by Crippen LogP contribution is -2.41. The van der Waals surface area contributed by atoms with E-state index in [9.17, 15) is 18.3 Å². The smallest absolute Gasteiger partial charge is 0.326 e. The van der Waals surface area contributed by atoms with Gasteiger partial charge in [-0.05, 0) is 50.2 Å². The van der Waals surface area contributed by atoms with Crippen molar-refractivity contribution in [1.82, 2.24) is 34.3 Å². The summed E-state index contributed by atoms with van der Waals surface area (Å²) in [5, 5.41) is 18.3. The number of nitrogens with zero attached hydrogens (tertiary/aromatic N) is 5. The zero-order chi connectivity index (χ0) is 27.0. The Morgan fingerprint density at radius 1 is 1.05 bits per heavy atom. The van der Waals surface area contributed by atoms with Crippen molar-refractivity contribution in [3.8, 4) is 5.88 Å². The van der Waals surface area contributed by atoms with Crippen LogP contribution in [-0.2, 0) is 15.8 Å². The van der Waals surface area contributed by atoms with Crippen molar-refractivity contribution >= 4 is 27.7 Å². The van der Waals surface area contributed by atoms with E-state index in [4.69, 9.17) is 0 Å². The third kappa shape index (κ3) is 6.01. The molecule has 0 aliphatic heterocycles. The predicted molar refractivity (Wildman–Crippen MR) is 143 cm³/mol. The zero-order valence-corrected chi connectivity index (χ0v) is 21.9. The molecule has 0 unspecified atom stereocenters. The van der Waals surface area contributed by atoms with E-state index in [1.54, 1.807) is 16.8 Å². The van der Waals surface area contributed by atoms with Gasteiger partial charge in [-0.3, -0.25) is 4.98 Å². The van der Waals surface area contributed by atoms with E-state index in [1.165, 1.54) is 0 Å². The third-order valence-electron chi connectivity index (χ3n) is 6.86. The number of anilines is 1. The second-order valence-electron chi connectivity index (χ2n) is 10.1. The highest BCUT2D eigenvalue weighted by atomic mass is 32.2. The van der Waals surface area contributed by atoms with Crippen LogP contribution in [0.15, 0.2) is 46.3 Å². The fraction of sp³-hybridized carbons (Fsp3) is 0.400. The van der Waals surface area contributed by atoms with Crippen molar-refractivity contribution in [2.24, 2.45) is 4.99 Å². The molecular weight excluding hydrogens is 522 g/mol. The second-order valence-corrected chi connectivity index (χ2v) is 11.8. The summed E-state index contributed by atoms with van der Waals surface area (Å²) in [7, 11) is -3.43. The number of benzene rings is 1. The Hall–Kier alpha value is -4.04. The first-order chi connectivity index (χ1) is 18.8. The normalized spacial score (nSPS) is 21.0. The molecule has 0 saturated heterocycles. The summed E-state index contributed by atoms with van der Waals surface area (Å²) in [6, 6.07) is 9.31. The third-order valence-corrected chi connectivity index (χ3v) is 8.27. The molecule has 3 heterocycles. The summed E-state index contributed by atoms with van der Waals surface area (Å²) in [6.07, 6.45) is 8.04. The molecule has 0 amide bonds. The van der Waals surface area contributed by atoms with E-state index in [-0.39, 0.29) is 35.5 Å². The van der Waals surface area contributed by atoms with E-state index >= 15 is 0 Å². The van der Waals surface area contributed by atoms with Crippen LogP contribution in [0.4, 0.5) is 5.95 Å². The number of sulfonamides is 1. The van der Waals surface area contributed by atoms with E-state index in [1.807, 2.05) is 30.3 Å². The minimum Gasteiger partial charge on any atom is -0.493 e. The van der Waals surface area contributed by atoms with Gasteiger partial charge in [-0.25, -0.2) is 22.9 Å². The van der Waals surface area contributed by atoms with E-state index in [2.05, 4.69) is 40.1 Å². The summed E-state index contributed by atoms with van der Waals surface area (Å²) in [5.74, 6) is 0.0921. The molecule has 0 spiro atoms. The monoisotopic (exact) mass is 551 g/mol. The fourth-order valence-corrected chi connectivity index (χ4v) is 6.23. The molecule has 0 radical (unpaired) electrons.